The molecule has 2 aromatic heterocycles. The van der Waals surface area contributed by atoms with Gasteiger partial charge in [0.15, 0.2) is 0 Å². The highest BCUT2D eigenvalue weighted by molar-refractivity contribution is 7.25. The highest BCUT2D eigenvalue weighted by Crippen LogP contribution is 2.40. The van der Waals surface area contributed by atoms with Crippen molar-refractivity contribution in [1.82, 2.24) is 0 Å². The molecule has 2 heterocycles. The minimum absolute atomic E-state index is 1.21. The largest absolute Gasteiger partial charge is 0.134 e. The van der Waals surface area contributed by atoms with Crippen LogP contribution < -0.4 is 0 Å². The van der Waals surface area contributed by atoms with E-state index in [4.69, 9.17) is 0 Å². The van der Waals surface area contributed by atoms with E-state index in [-0.39, 0.29) is 0 Å². The standard InChI is InChI=1S/C44H62S2/c1-3-5-7-9-11-13-15-17-19-21-23-37-25-29-39(30-26-37)41-33-35-43(45-41)44-36-34-42(46-44)40-31-27-38(28-32-40)24-22-20-18-16-14-12-10-8-6-4-2/h25-36H,3-24H2,1-2H3. The van der Waals surface area contributed by atoms with Gasteiger partial charge in [0.2, 0.25) is 0 Å². The topological polar surface area (TPSA) is 0 Å². The summed E-state index contributed by atoms with van der Waals surface area (Å²) in [5, 5.41) is 0. The average Bonchev–Trinajstić information content (AvgIpc) is 3.78. The van der Waals surface area contributed by atoms with Crippen molar-refractivity contribution in [2.24, 2.45) is 0 Å². The molecule has 46 heavy (non-hydrogen) atoms. The molecule has 0 N–H and O–H groups in total. The lowest BCUT2D eigenvalue weighted by molar-refractivity contribution is 0.556. The van der Waals surface area contributed by atoms with Crippen molar-refractivity contribution in [2.45, 2.75) is 155 Å². The Morgan fingerprint density at radius 1 is 0.304 bits per heavy atom. The average molecular weight is 655 g/mol. The van der Waals surface area contributed by atoms with Crippen LogP contribution >= 0.6 is 22.7 Å². The third-order valence-electron chi connectivity index (χ3n) is 9.57. The molecule has 0 nitrogen and oxygen atoms in total. The van der Waals surface area contributed by atoms with Crippen molar-refractivity contribution >= 4 is 22.7 Å². The molecule has 0 aliphatic heterocycles. The minimum Gasteiger partial charge on any atom is -0.134 e. The Labute approximate surface area is 291 Å². The van der Waals surface area contributed by atoms with E-state index in [0.29, 0.717) is 0 Å². The number of thiophene rings is 2. The molecular formula is C44H62S2. The summed E-state index contributed by atoms with van der Waals surface area (Å²) in [7, 11) is 0. The lowest BCUT2D eigenvalue weighted by atomic mass is 10.0. The summed E-state index contributed by atoms with van der Waals surface area (Å²) >= 11 is 3.84. The zero-order valence-corrected chi connectivity index (χ0v) is 30.9. The first-order valence-electron chi connectivity index (χ1n) is 19.2. The molecule has 2 aromatic carbocycles. The van der Waals surface area contributed by atoms with Gasteiger partial charge in [0.05, 0.1) is 0 Å². The van der Waals surface area contributed by atoms with Crippen LogP contribution in [0.1, 0.15) is 153 Å². The van der Waals surface area contributed by atoms with E-state index in [2.05, 4.69) is 86.6 Å². The predicted octanol–water partition coefficient (Wildman–Crippen LogP) is 15.7. The highest BCUT2D eigenvalue weighted by Gasteiger charge is 2.10. The first kappa shape index (κ1) is 36.7. The van der Waals surface area contributed by atoms with Gasteiger partial charge < -0.3 is 0 Å². The van der Waals surface area contributed by atoms with Crippen LogP contribution in [0.4, 0.5) is 0 Å². The maximum Gasteiger partial charge on any atom is 0.0449 e. The fourth-order valence-corrected chi connectivity index (χ4v) is 8.67. The van der Waals surface area contributed by atoms with Crippen LogP contribution in [0.5, 0.6) is 0 Å². The lowest BCUT2D eigenvalue weighted by Gasteiger charge is -2.04. The molecule has 0 fully saturated rings. The highest BCUT2D eigenvalue weighted by atomic mass is 32.1. The van der Waals surface area contributed by atoms with E-state index in [0.717, 1.165) is 0 Å². The van der Waals surface area contributed by atoms with Crippen LogP contribution in [-0.2, 0) is 12.8 Å². The Morgan fingerprint density at radius 3 is 0.913 bits per heavy atom. The first-order valence-corrected chi connectivity index (χ1v) is 20.8. The molecule has 0 bridgehead atoms. The van der Waals surface area contributed by atoms with Crippen molar-refractivity contribution in [3.05, 3.63) is 83.9 Å². The van der Waals surface area contributed by atoms with Gasteiger partial charge in [0, 0.05) is 19.5 Å². The van der Waals surface area contributed by atoms with Gasteiger partial charge in [-0.15, -0.1) is 22.7 Å². The molecule has 0 aliphatic carbocycles. The molecule has 0 unspecified atom stereocenters. The maximum absolute atomic E-state index is 2.35. The third-order valence-corrected chi connectivity index (χ3v) is 12.0. The Hall–Kier alpha value is -2.16. The summed E-state index contributed by atoms with van der Waals surface area (Å²) in [6.45, 7) is 4.59. The van der Waals surface area contributed by atoms with Crippen LogP contribution in [0.15, 0.2) is 72.8 Å². The molecule has 0 saturated heterocycles. The van der Waals surface area contributed by atoms with E-state index in [1.807, 2.05) is 22.7 Å². The van der Waals surface area contributed by atoms with Gasteiger partial charge in [0.25, 0.3) is 0 Å². The zero-order chi connectivity index (χ0) is 32.1. The van der Waals surface area contributed by atoms with Gasteiger partial charge in [0.1, 0.15) is 0 Å². The van der Waals surface area contributed by atoms with Crippen molar-refractivity contribution in [3.8, 4) is 30.6 Å². The van der Waals surface area contributed by atoms with E-state index in [9.17, 15) is 0 Å². The zero-order valence-electron chi connectivity index (χ0n) is 29.3. The molecule has 0 atom stereocenters. The smallest absolute Gasteiger partial charge is 0.0449 e. The number of benzene rings is 2. The molecule has 0 amide bonds. The SMILES string of the molecule is CCCCCCCCCCCCc1ccc(-c2ccc(-c3ccc(-c4ccc(CCCCCCCCCCCC)cc4)s3)s2)cc1. The van der Waals surface area contributed by atoms with Gasteiger partial charge >= 0.3 is 0 Å². The van der Waals surface area contributed by atoms with Crippen molar-refractivity contribution in [1.29, 1.82) is 0 Å². The second-order valence-corrected chi connectivity index (χ2v) is 15.8. The van der Waals surface area contributed by atoms with Crippen molar-refractivity contribution in [2.75, 3.05) is 0 Å². The van der Waals surface area contributed by atoms with Crippen LogP contribution in [0.25, 0.3) is 30.6 Å². The molecule has 0 spiro atoms. The van der Waals surface area contributed by atoms with Gasteiger partial charge in [-0.3, -0.25) is 0 Å². The Morgan fingerprint density at radius 2 is 0.587 bits per heavy atom. The lowest BCUT2D eigenvalue weighted by Crippen LogP contribution is -1.87. The Bertz CT molecular complexity index is 1200. The molecule has 250 valence electrons. The first-order chi connectivity index (χ1) is 22.8. The number of aryl methyl sites for hydroxylation is 2. The molecule has 0 aliphatic rings. The Balaban J connectivity index is 1.14. The van der Waals surface area contributed by atoms with Crippen molar-refractivity contribution < 1.29 is 0 Å². The third kappa shape index (κ3) is 13.5. The summed E-state index contributed by atoms with van der Waals surface area (Å²) < 4.78 is 0. The van der Waals surface area contributed by atoms with Crippen LogP contribution in [0, 0.1) is 0 Å². The summed E-state index contributed by atoms with van der Waals surface area (Å²) in [6.07, 6.45) is 30.5. The normalized spacial score (nSPS) is 11.4. The second kappa shape index (κ2) is 22.4. The van der Waals surface area contributed by atoms with E-state index >= 15 is 0 Å². The summed E-state index contributed by atoms with van der Waals surface area (Å²) in [4.78, 5) is 5.48. The van der Waals surface area contributed by atoms with Crippen LogP contribution in [0.2, 0.25) is 0 Å². The molecule has 2 heteroatoms. The molecule has 4 aromatic rings. The minimum atomic E-state index is 1.21. The Kier molecular flexibility index (Phi) is 17.9. The van der Waals surface area contributed by atoms with Gasteiger partial charge in [-0.2, -0.15) is 0 Å². The predicted molar refractivity (Wildman–Crippen MR) is 210 cm³/mol. The van der Waals surface area contributed by atoms with Gasteiger partial charge in [-0.25, -0.2) is 0 Å². The van der Waals surface area contributed by atoms with E-state index in [1.165, 1.54) is 183 Å². The molecule has 4 rings (SSSR count). The number of hydrogen-bond acceptors (Lipinski definition) is 2. The maximum atomic E-state index is 2.35. The van der Waals surface area contributed by atoms with Gasteiger partial charge in [-0.05, 0) is 72.2 Å². The molecule has 0 saturated carbocycles. The summed E-state index contributed by atoms with van der Waals surface area (Å²) in [5.74, 6) is 0. The van der Waals surface area contributed by atoms with Gasteiger partial charge in [-0.1, -0.05) is 178 Å². The molecule has 0 radical (unpaired) electrons. The number of hydrogen-bond donors (Lipinski definition) is 0. The number of rotatable bonds is 25. The molecular weight excluding hydrogens is 593 g/mol. The summed E-state index contributed by atoms with van der Waals surface area (Å²) in [6, 6.07) is 28.0. The van der Waals surface area contributed by atoms with E-state index < -0.39 is 0 Å². The van der Waals surface area contributed by atoms with E-state index in [1.54, 1.807) is 0 Å². The van der Waals surface area contributed by atoms with Crippen LogP contribution in [-0.4, -0.2) is 0 Å². The quantitative estimate of drug-likeness (QED) is 0.0624. The second-order valence-electron chi connectivity index (χ2n) is 13.6. The van der Waals surface area contributed by atoms with Crippen molar-refractivity contribution in [3.63, 3.8) is 0 Å². The number of unbranched alkanes of at least 4 members (excludes halogenated alkanes) is 18. The fourth-order valence-electron chi connectivity index (χ4n) is 6.56. The monoisotopic (exact) mass is 654 g/mol. The fraction of sp³-hybridized carbons (Fsp3) is 0.545. The summed E-state index contributed by atoms with van der Waals surface area (Å²) in [5.41, 5.74) is 5.66. The van der Waals surface area contributed by atoms with Crippen LogP contribution in [0.3, 0.4) is 0 Å².